The fourth-order valence-electron chi connectivity index (χ4n) is 5.03. The van der Waals surface area contributed by atoms with Crippen molar-refractivity contribution >= 4 is 40.4 Å². The third kappa shape index (κ3) is 6.04. The third-order valence-electron chi connectivity index (χ3n) is 7.21. The maximum atomic E-state index is 13.6. The molecule has 0 spiro atoms. The number of hydrogen-bond donors (Lipinski definition) is 2. The number of carboxylic acids is 1. The lowest BCUT2D eigenvalue weighted by atomic mass is 9.82. The zero-order chi connectivity index (χ0) is 26.7. The first-order valence-corrected chi connectivity index (χ1v) is 13.9. The summed E-state index contributed by atoms with van der Waals surface area (Å²) >= 11 is 1.19. The van der Waals surface area contributed by atoms with Gasteiger partial charge in [-0.25, -0.2) is 4.79 Å². The Morgan fingerprint density at radius 1 is 1.24 bits per heavy atom. The molecule has 1 unspecified atom stereocenters. The summed E-state index contributed by atoms with van der Waals surface area (Å²) in [6.07, 6.45) is 13.5. The lowest BCUT2D eigenvalue weighted by Crippen LogP contribution is -2.42. The van der Waals surface area contributed by atoms with Gasteiger partial charge in [0.05, 0.1) is 23.5 Å². The van der Waals surface area contributed by atoms with Crippen molar-refractivity contribution < 1.29 is 19.5 Å². The molecule has 9 heteroatoms. The van der Waals surface area contributed by atoms with Crippen LogP contribution in [0.1, 0.15) is 84.7 Å². The minimum Gasteiger partial charge on any atom is -0.477 e. The topological polar surface area (TPSA) is 105 Å². The van der Waals surface area contributed by atoms with Crippen LogP contribution in [-0.2, 0) is 11.3 Å². The van der Waals surface area contributed by atoms with E-state index in [4.69, 9.17) is 0 Å². The second kappa shape index (κ2) is 11.5. The summed E-state index contributed by atoms with van der Waals surface area (Å²) in [6, 6.07) is 1.52. The lowest BCUT2D eigenvalue weighted by Gasteiger charge is -2.33. The first-order valence-electron chi connectivity index (χ1n) is 13.1. The van der Waals surface area contributed by atoms with E-state index in [1.807, 2.05) is 45.1 Å². The summed E-state index contributed by atoms with van der Waals surface area (Å²) in [4.78, 5) is 41.0. The van der Waals surface area contributed by atoms with E-state index in [0.717, 1.165) is 36.1 Å². The molecule has 1 atom stereocenters. The average molecular weight is 525 g/mol. The predicted octanol–water partition coefficient (Wildman–Crippen LogP) is 5.37. The fourth-order valence-corrected chi connectivity index (χ4v) is 6.04. The van der Waals surface area contributed by atoms with E-state index in [-0.39, 0.29) is 34.7 Å². The van der Waals surface area contributed by atoms with Gasteiger partial charge in [0.2, 0.25) is 5.91 Å². The zero-order valence-corrected chi connectivity index (χ0v) is 22.8. The number of aryl methyl sites for hydroxylation is 1. The van der Waals surface area contributed by atoms with Gasteiger partial charge in [-0.1, -0.05) is 25.2 Å². The number of anilines is 1. The van der Waals surface area contributed by atoms with Gasteiger partial charge in [0.15, 0.2) is 0 Å². The Kier molecular flexibility index (Phi) is 8.32. The minimum absolute atomic E-state index is 0.0242. The quantitative estimate of drug-likeness (QED) is 0.483. The number of allylic oxidation sites excluding steroid dienone is 2. The van der Waals surface area contributed by atoms with E-state index in [9.17, 15) is 19.5 Å². The molecule has 2 aliphatic rings. The number of amides is 2. The summed E-state index contributed by atoms with van der Waals surface area (Å²) in [5, 5.41) is 17.1. The van der Waals surface area contributed by atoms with E-state index in [1.165, 1.54) is 11.3 Å². The zero-order valence-electron chi connectivity index (χ0n) is 21.9. The molecule has 198 valence electrons. The molecule has 0 aromatic carbocycles. The SMILES string of the molecule is CCn1cc(C(=O)NC2C=CC(c3cc(N(C(=O)C4CCC(C)CC4)C(C)C)c(C(=O)O)s3)=CC2)cn1. The van der Waals surface area contributed by atoms with Gasteiger partial charge in [0.25, 0.3) is 5.91 Å². The Morgan fingerprint density at radius 3 is 2.54 bits per heavy atom. The van der Waals surface area contributed by atoms with Gasteiger partial charge in [-0.05, 0) is 70.4 Å². The number of thiophene rings is 1. The number of nitrogens with zero attached hydrogens (tertiary/aromatic N) is 3. The summed E-state index contributed by atoms with van der Waals surface area (Å²) in [5.74, 6) is -0.616. The highest BCUT2D eigenvalue weighted by Crippen LogP contribution is 2.39. The summed E-state index contributed by atoms with van der Waals surface area (Å²) < 4.78 is 1.71. The van der Waals surface area contributed by atoms with Gasteiger partial charge in [-0.2, -0.15) is 5.10 Å². The van der Waals surface area contributed by atoms with Crippen molar-refractivity contribution in [2.45, 2.75) is 78.4 Å². The number of nitrogens with one attached hydrogen (secondary N) is 1. The second-order valence-electron chi connectivity index (χ2n) is 10.3. The van der Waals surface area contributed by atoms with Crippen molar-refractivity contribution in [1.29, 1.82) is 0 Å². The number of rotatable bonds is 8. The molecule has 1 saturated carbocycles. The van der Waals surface area contributed by atoms with E-state index in [0.29, 0.717) is 30.1 Å². The largest absolute Gasteiger partial charge is 0.477 e. The fraction of sp³-hybridized carbons (Fsp3) is 0.500. The number of carbonyl (C=O) groups is 3. The van der Waals surface area contributed by atoms with Crippen LogP contribution in [0.3, 0.4) is 0 Å². The molecule has 37 heavy (non-hydrogen) atoms. The first-order chi connectivity index (χ1) is 17.7. The van der Waals surface area contributed by atoms with Crippen LogP contribution in [0, 0.1) is 11.8 Å². The Morgan fingerprint density at radius 2 is 1.97 bits per heavy atom. The van der Waals surface area contributed by atoms with Gasteiger partial charge < -0.3 is 15.3 Å². The molecule has 2 amide bonds. The van der Waals surface area contributed by atoms with Crippen LogP contribution in [0.25, 0.3) is 5.57 Å². The molecule has 0 saturated heterocycles. The van der Waals surface area contributed by atoms with Crippen LogP contribution >= 0.6 is 11.3 Å². The molecule has 0 aliphatic heterocycles. The predicted molar refractivity (Wildman–Crippen MR) is 146 cm³/mol. The van der Waals surface area contributed by atoms with Gasteiger partial charge >= 0.3 is 5.97 Å². The van der Waals surface area contributed by atoms with Gasteiger partial charge in [0.1, 0.15) is 4.88 Å². The van der Waals surface area contributed by atoms with Crippen molar-refractivity contribution in [2.24, 2.45) is 11.8 Å². The summed E-state index contributed by atoms with van der Waals surface area (Å²) in [7, 11) is 0. The molecule has 0 bridgehead atoms. The van der Waals surface area contributed by atoms with E-state index >= 15 is 0 Å². The smallest absolute Gasteiger partial charge is 0.348 e. The molecule has 1 fully saturated rings. The molecular formula is C28H36N4O4S. The Hall–Kier alpha value is -3.20. The van der Waals surface area contributed by atoms with Crippen LogP contribution in [0.2, 0.25) is 0 Å². The minimum atomic E-state index is -1.03. The standard InChI is InChI=1S/C28H36N4O4S/c1-5-31-16-21(15-29-31)26(33)30-22-12-10-19(11-13-22)24-14-23(25(37-24)28(35)36)32(17(2)3)27(34)20-8-6-18(4)7-9-20/h10-12,14-18,20,22H,5-9,13H2,1-4H3,(H,30,33)(H,35,36). The van der Waals surface area contributed by atoms with Crippen LogP contribution in [0.5, 0.6) is 0 Å². The van der Waals surface area contributed by atoms with Crippen LogP contribution in [0.15, 0.2) is 36.7 Å². The highest BCUT2D eigenvalue weighted by molar-refractivity contribution is 7.15. The average Bonchev–Trinajstić information content (AvgIpc) is 3.53. The van der Waals surface area contributed by atoms with Crippen molar-refractivity contribution in [3.8, 4) is 0 Å². The molecule has 4 rings (SSSR count). The highest BCUT2D eigenvalue weighted by Gasteiger charge is 2.33. The molecule has 8 nitrogen and oxygen atoms in total. The van der Waals surface area contributed by atoms with Gasteiger partial charge in [-0.3, -0.25) is 14.3 Å². The summed E-state index contributed by atoms with van der Waals surface area (Å²) in [6.45, 7) is 8.75. The van der Waals surface area contributed by atoms with Gasteiger partial charge in [-0.15, -0.1) is 11.3 Å². The van der Waals surface area contributed by atoms with Crippen LogP contribution in [0.4, 0.5) is 5.69 Å². The van der Waals surface area contributed by atoms with Crippen molar-refractivity contribution in [3.05, 3.63) is 52.0 Å². The molecular weight excluding hydrogens is 488 g/mol. The lowest BCUT2D eigenvalue weighted by molar-refractivity contribution is -0.123. The van der Waals surface area contributed by atoms with E-state index in [2.05, 4.69) is 17.3 Å². The number of carbonyl (C=O) groups excluding carboxylic acids is 2. The number of aromatic carboxylic acids is 1. The molecule has 0 radical (unpaired) electrons. The number of aromatic nitrogens is 2. The van der Waals surface area contributed by atoms with Crippen molar-refractivity contribution in [3.63, 3.8) is 0 Å². The van der Waals surface area contributed by atoms with E-state index in [1.54, 1.807) is 22.0 Å². The Balaban J connectivity index is 1.51. The van der Waals surface area contributed by atoms with Crippen molar-refractivity contribution in [1.82, 2.24) is 15.1 Å². The number of hydrogen-bond acceptors (Lipinski definition) is 5. The monoisotopic (exact) mass is 524 g/mol. The molecule has 2 aromatic rings. The van der Waals surface area contributed by atoms with Crippen LogP contribution in [-0.4, -0.2) is 44.8 Å². The second-order valence-corrected chi connectivity index (χ2v) is 11.4. The molecule has 2 N–H and O–H groups in total. The Bertz CT molecular complexity index is 1220. The molecule has 2 aromatic heterocycles. The third-order valence-corrected chi connectivity index (χ3v) is 8.37. The van der Waals surface area contributed by atoms with E-state index < -0.39 is 5.97 Å². The molecule has 2 heterocycles. The van der Waals surface area contributed by atoms with Crippen molar-refractivity contribution in [2.75, 3.05) is 4.90 Å². The van der Waals surface area contributed by atoms with Gasteiger partial charge in [0, 0.05) is 29.6 Å². The Labute approximate surface area is 222 Å². The maximum Gasteiger partial charge on any atom is 0.348 e. The normalized spacial score (nSPS) is 21.5. The maximum absolute atomic E-state index is 13.6. The summed E-state index contributed by atoms with van der Waals surface area (Å²) in [5.41, 5.74) is 1.89. The highest BCUT2D eigenvalue weighted by atomic mass is 32.1. The first kappa shape index (κ1) is 26.9. The number of carboxylic acid groups (broad SMARTS) is 1. The van der Waals surface area contributed by atoms with Crippen LogP contribution < -0.4 is 10.2 Å². The molecule has 2 aliphatic carbocycles.